The Morgan fingerprint density at radius 1 is 0.975 bits per heavy atom. The monoisotopic (exact) mass is 550 g/mol. The van der Waals surface area contributed by atoms with Crippen LogP contribution < -0.4 is 14.8 Å². The van der Waals surface area contributed by atoms with Crippen molar-refractivity contribution in [2.45, 2.75) is 72.5 Å². The van der Waals surface area contributed by atoms with Crippen LogP contribution in [0.4, 0.5) is 0 Å². The van der Waals surface area contributed by atoms with Gasteiger partial charge in [-0.05, 0) is 65.8 Å². The summed E-state index contributed by atoms with van der Waals surface area (Å²) in [4.78, 5) is 28.5. The standard InChI is InChI=1S/C30H42N6O4/c1-21(37)35(17-16-22-14-15-24(39-7)25(18-22)40-8)26(28(38)31-19-23-12-10-9-11-13-23)27-32-33-34-36(27)30(5,6)20-29(2,3)4/h9-15,18,26H,16-17,19-20H2,1-8H3,(H,31,38). The number of methoxy groups -OCH3 is 2. The van der Waals surface area contributed by atoms with Gasteiger partial charge in [-0.2, -0.15) is 0 Å². The number of amides is 2. The fraction of sp³-hybridized carbons (Fsp3) is 0.500. The zero-order valence-corrected chi connectivity index (χ0v) is 24.9. The largest absolute Gasteiger partial charge is 0.493 e. The van der Waals surface area contributed by atoms with Crippen LogP contribution in [0.1, 0.15) is 71.0 Å². The van der Waals surface area contributed by atoms with E-state index in [0.29, 0.717) is 30.3 Å². The van der Waals surface area contributed by atoms with Gasteiger partial charge < -0.3 is 19.7 Å². The van der Waals surface area contributed by atoms with Crippen molar-refractivity contribution in [2.24, 2.45) is 5.41 Å². The lowest BCUT2D eigenvalue weighted by molar-refractivity contribution is -0.140. The molecule has 0 saturated carbocycles. The van der Waals surface area contributed by atoms with Crippen LogP contribution in [0.5, 0.6) is 11.5 Å². The lowest BCUT2D eigenvalue weighted by Gasteiger charge is -2.35. The average Bonchev–Trinajstić information content (AvgIpc) is 3.39. The van der Waals surface area contributed by atoms with E-state index >= 15 is 0 Å². The normalized spacial score (nSPS) is 12.5. The molecule has 0 bridgehead atoms. The first-order chi connectivity index (χ1) is 18.9. The molecule has 1 heterocycles. The van der Waals surface area contributed by atoms with Crippen molar-refractivity contribution in [3.8, 4) is 11.5 Å². The minimum absolute atomic E-state index is 0.0224. The van der Waals surface area contributed by atoms with Crippen LogP contribution in [-0.4, -0.2) is 57.7 Å². The second kappa shape index (κ2) is 12.9. The van der Waals surface area contributed by atoms with Crippen molar-refractivity contribution in [1.82, 2.24) is 30.4 Å². The highest BCUT2D eigenvalue weighted by Crippen LogP contribution is 2.34. The zero-order chi connectivity index (χ0) is 29.5. The number of hydrogen-bond donors (Lipinski definition) is 1. The Morgan fingerprint density at radius 3 is 2.25 bits per heavy atom. The molecule has 0 aliphatic carbocycles. The second-order valence-electron chi connectivity index (χ2n) is 11.8. The molecule has 0 aliphatic heterocycles. The van der Waals surface area contributed by atoms with Crippen LogP contribution in [0.3, 0.4) is 0 Å². The Balaban J connectivity index is 1.98. The maximum atomic E-state index is 13.9. The van der Waals surface area contributed by atoms with Gasteiger partial charge in [0.15, 0.2) is 23.4 Å². The number of rotatable bonds is 12. The van der Waals surface area contributed by atoms with E-state index in [9.17, 15) is 9.59 Å². The van der Waals surface area contributed by atoms with Gasteiger partial charge in [0.05, 0.1) is 19.8 Å². The minimum Gasteiger partial charge on any atom is -0.493 e. The maximum Gasteiger partial charge on any atom is 0.251 e. The molecule has 10 nitrogen and oxygen atoms in total. The number of tetrazole rings is 1. The van der Waals surface area contributed by atoms with Gasteiger partial charge in [-0.3, -0.25) is 9.59 Å². The van der Waals surface area contributed by atoms with Crippen LogP contribution in [0.25, 0.3) is 0 Å². The minimum atomic E-state index is -1.03. The third kappa shape index (κ3) is 7.80. The van der Waals surface area contributed by atoms with Gasteiger partial charge in [-0.1, -0.05) is 57.2 Å². The van der Waals surface area contributed by atoms with Crippen LogP contribution in [0.15, 0.2) is 48.5 Å². The van der Waals surface area contributed by atoms with Crippen LogP contribution >= 0.6 is 0 Å². The number of benzene rings is 2. The van der Waals surface area contributed by atoms with E-state index in [-0.39, 0.29) is 23.8 Å². The molecule has 216 valence electrons. The predicted octanol–water partition coefficient (Wildman–Crippen LogP) is 4.31. The maximum absolute atomic E-state index is 13.9. The summed E-state index contributed by atoms with van der Waals surface area (Å²) in [7, 11) is 3.16. The molecule has 3 aromatic rings. The lowest BCUT2D eigenvalue weighted by Crippen LogP contribution is -2.46. The highest BCUT2D eigenvalue weighted by atomic mass is 16.5. The van der Waals surface area contributed by atoms with E-state index in [0.717, 1.165) is 17.5 Å². The summed E-state index contributed by atoms with van der Waals surface area (Å²) in [5, 5.41) is 15.6. The molecule has 0 aliphatic rings. The van der Waals surface area contributed by atoms with E-state index in [1.54, 1.807) is 18.9 Å². The van der Waals surface area contributed by atoms with Gasteiger partial charge in [0, 0.05) is 20.0 Å². The number of carbonyl (C=O) groups is 2. The molecular formula is C30H42N6O4. The zero-order valence-electron chi connectivity index (χ0n) is 24.9. The first-order valence-corrected chi connectivity index (χ1v) is 13.4. The van der Waals surface area contributed by atoms with Crippen LogP contribution in [0.2, 0.25) is 0 Å². The number of nitrogens with one attached hydrogen (secondary N) is 1. The van der Waals surface area contributed by atoms with Gasteiger partial charge in [-0.15, -0.1) is 5.10 Å². The highest BCUT2D eigenvalue weighted by Gasteiger charge is 2.39. The average molecular weight is 551 g/mol. The SMILES string of the molecule is COc1ccc(CCN(C(C)=O)C(C(=O)NCc2ccccc2)c2nnnn2C(C)(C)CC(C)(C)C)cc1OC. The molecule has 1 N–H and O–H groups in total. The molecule has 0 radical (unpaired) electrons. The molecule has 1 aromatic heterocycles. The van der Waals surface area contributed by atoms with E-state index in [1.165, 1.54) is 11.8 Å². The topological polar surface area (TPSA) is 111 Å². The van der Waals surface area contributed by atoms with E-state index in [1.807, 2.05) is 62.4 Å². The van der Waals surface area contributed by atoms with E-state index in [4.69, 9.17) is 9.47 Å². The summed E-state index contributed by atoms with van der Waals surface area (Å²) in [5.41, 5.74) is 1.34. The molecule has 10 heteroatoms. The molecule has 2 amide bonds. The van der Waals surface area contributed by atoms with Gasteiger partial charge in [-0.25, -0.2) is 4.68 Å². The quantitative estimate of drug-likeness (QED) is 0.358. The fourth-order valence-corrected chi connectivity index (χ4v) is 5.20. The molecule has 3 rings (SSSR count). The molecule has 40 heavy (non-hydrogen) atoms. The van der Waals surface area contributed by atoms with E-state index in [2.05, 4.69) is 41.6 Å². The van der Waals surface area contributed by atoms with Crippen LogP contribution in [-0.2, 0) is 28.1 Å². The Kier molecular flexibility index (Phi) is 9.89. The van der Waals surface area contributed by atoms with E-state index < -0.39 is 11.6 Å². The Morgan fingerprint density at radius 2 is 1.65 bits per heavy atom. The van der Waals surface area contributed by atoms with Gasteiger partial charge in [0.25, 0.3) is 5.91 Å². The van der Waals surface area contributed by atoms with Gasteiger partial charge >= 0.3 is 0 Å². The molecule has 0 fully saturated rings. The molecule has 2 aromatic carbocycles. The smallest absolute Gasteiger partial charge is 0.251 e. The number of nitrogens with zero attached hydrogens (tertiary/aromatic N) is 5. The Hall–Kier alpha value is -3.95. The highest BCUT2D eigenvalue weighted by molar-refractivity contribution is 5.87. The molecule has 1 atom stereocenters. The van der Waals surface area contributed by atoms with Crippen molar-refractivity contribution >= 4 is 11.8 Å². The third-order valence-corrected chi connectivity index (χ3v) is 6.64. The van der Waals surface area contributed by atoms with Crippen molar-refractivity contribution in [3.05, 3.63) is 65.5 Å². The fourth-order valence-electron chi connectivity index (χ4n) is 5.20. The summed E-state index contributed by atoms with van der Waals surface area (Å²) < 4.78 is 12.5. The summed E-state index contributed by atoms with van der Waals surface area (Å²) in [6.07, 6.45) is 1.23. The molecular weight excluding hydrogens is 508 g/mol. The Bertz CT molecular complexity index is 1280. The first-order valence-electron chi connectivity index (χ1n) is 13.4. The molecule has 0 saturated heterocycles. The van der Waals surface area contributed by atoms with Crippen molar-refractivity contribution in [1.29, 1.82) is 0 Å². The third-order valence-electron chi connectivity index (χ3n) is 6.64. The predicted molar refractivity (Wildman–Crippen MR) is 153 cm³/mol. The van der Waals surface area contributed by atoms with Crippen molar-refractivity contribution < 1.29 is 19.1 Å². The summed E-state index contributed by atoms with van der Waals surface area (Å²) in [5.74, 6) is 0.923. The van der Waals surface area contributed by atoms with Gasteiger partial charge in [0.1, 0.15) is 0 Å². The number of ether oxygens (including phenoxy) is 2. The molecule has 1 unspecified atom stereocenters. The first kappa shape index (κ1) is 30.6. The number of aromatic nitrogens is 4. The molecule has 0 spiro atoms. The number of carbonyl (C=O) groups excluding carboxylic acids is 2. The van der Waals surface area contributed by atoms with Gasteiger partial charge in [0.2, 0.25) is 5.91 Å². The van der Waals surface area contributed by atoms with Crippen molar-refractivity contribution in [3.63, 3.8) is 0 Å². The Labute approximate surface area is 237 Å². The summed E-state index contributed by atoms with van der Waals surface area (Å²) in [6.45, 7) is 12.6. The summed E-state index contributed by atoms with van der Waals surface area (Å²) >= 11 is 0. The lowest BCUT2D eigenvalue weighted by atomic mass is 9.81. The number of hydrogen-bond acceptors (Lipinski definition) is 7. The second-order valence-corrected chi connectivity index (χ2v) is 11.8. The van der Waals surface area contributed by atoms with Crippen molar-refractivity contribution in [2.75, 3.05) is 20.8 Å². The van der Waals surface area contributed by atoms with Crippen LogP contribution in [0, 0.1) is 5.41 Å². The summed E-state index contributed by atoms with van der Waals surface area (Å²) in [6, 6.07) is 14.2.